The van der Waals surface area contributed by atoms with Gasteiger partial charge in [-0.1, -0.05) is 37.3 Å². The fourth-order valence-corrected chi connectivity index (χ4v) is 3.72. The molecule has 1 amide bonds. The van der Waals surface area contributed by atoms with Gasteiger partial charge in [0.2, 0.25) is 5.89 Å². The first-order valence-electron chi connectivity index (χ1n) is 10.9. The molecule has 9 nitrogen and oxygen atoms in total. The van der Waals surface area contributed by atoms with Crippen molar-refractivity contribution in [2.75, 3.05) is 6.54 Å². The molecule has 0 spiro atoms. The maximum atomic E-state index is 12.7. The van der Waals surface area contributed by atoms with Gasteiger partial charge in [-0.25, -0.2) is 14.7 Å². The minimum absolute atomic E-state index is 0.170. The Bertz CT molecular complexity index is 1140. The molecule has 1 heterocycles. The average Bonchev–Trinajstić information content (AvgIpc) is 3.20. The van der Waals surface area contributed by atoms with Crippen LogP contribution in [0.15, 0.2) is 63.8 Å². The van der Waals surface area contributed by atoms with Crippen LogP contribution in [0.1, 0.15) is 43.6 Å². The Labute approximate surface area is 190 Å². The number of rotatable bonds is 8. The van der Waals surface area contributed by atoms with Crippen LogP contribution < -0.4 is 10.5 Å². The number of nitrogens with zero attached hydrogens (tertiary/aromatic N) is 2. The summed E-state index contributed by atoms with van der Waals surface area (Å²) in [7, 11) is 0. The third kappa shape index (κ3) is 5.49. The zero-order valence-electron chi connectivity index (χ0n) is 18.2. The highest BCUT2D eigenvalue weighted by atomic mass is 16.6. The first-order chi connectivity index (χ1) is 16.0. The molecule has 33 heavy (non-hydrogen) atoms. The summed E-state index contributed by atoms with van der Waals surface area (Å²) in [6.07, 6.45) is 1.20. The molecule has 0 radical (unpaired) electrons. The summed E-state index contributed by atoms with van der Waals surface area (Å²) >= 11 is 0. The molecule has 0 saturated heterocycles. The van der Waals surface area contributed by atoms with Gasteiger partial charge >= 0.3 is 17.8 Å². The molecule has 0 bridgehead atoms. The van der Waals surface area contributed by atoms with Crippen LogP contribution in [0, 0.1) is 5.92 Å². The van der Waals surface area contributed by atoms with E-state index in [4.69, 9.17) is 13.9 Å². The lowest BCUT2D eigenvalue weighted by Gasteiger charge is -2.32. The van der Waals surface area contributed by atoms with Crippen LogP contribution in [0.4, 0.5) is 4.79 Å². The van der Waals surface area contributed by atoms with E-state index in [1.165, 1.54) is 4.90 Å². The molecule has 172 valence electrons. The second kappa shape index (κ2) is 10.2. The van der Waals surface area contributed by atoms with Crippen LogP contribution in [0.5, 0.6) is 11.5 Å². The van der Waals surface area contributed by atoms with E-state index >= 15 is 0 Å². The molecule has 3 aromatic rings. The van der Waals surface area contributed by atoms with E-state index in [2.05, 4.69) is 10.2 Å². The number of aromatic amines is 1. The summed E-state index contributed by atoms with van der Waals surface area (Å²) in [4.78, 5) is 37.9. The van der Waals surface area contributed by atoms with E-state index in [1.54, 1.807) is 0 Å². The first kappa shape index (κ1) is 22.3. The van der Waals surface area contributed by atoms with Gasteiger partial charge in [0, 0.05) is 13.1 Å². The maximum absolute atomic E-state index is 12.7. The quantitative estimate of drug-likeness (QED) is 0.403. The first-order valence-corrected chi connectivity index (χ1v) is 10.9. The molecule has 1 fully saturated rings. The zero-order valence-corrected chi connectivity index (χ0v) is 18.2. The summed E-state index contributed by atoms with van der Waals surface area (Å²) in [6, 6.07) is 16.9. The van der Waals surface area contributed by atoms with Crippen molar-refractivity contribution in [3.05, 3.63) is 76.6 Å². The van der Waals surface area contributed by atoms with Gasteiger partial charge in [0.25, 0.3) is 0 Å². The number of carbonyl (C=O) groups is 2. The van der Waals surface area contributed by atoms with Crippen molar-refractivity contribution >= 4 is 12.1 Å². The van der Waals surface area contributed by atoms with Crippen molar-refractivity contribution in [1.29, 1.82) is 0 Å². The Balaban J connectivity index is 1.35. The maximum Gasteiger partial charge on any atom is 0.434 e. The highest BCUT2D eigenvalue weighted by molar-refractivity contribution is 5.87. The predicted octanol–water partition coefficient (Wildman–Crippen LogP) is 4.22. The van der Waals surface area contributed by atoms with Gasteiger partial charge in [-0.05, 0) is 49.1 Å². The van der Waals surface area contributed by atoms with Gasteiger partial charge < -0.3 is 18.8 Å². The average molecular weight is 451 g/mol. The van der Waals surface area contributed by atoms with Gasteiger partial charge in [0.1, 0.15) is 11.5 Å². The highest BCUT2D eigenvalue weighted by Crippen LogP contribution is 2.42. The molecule has 9 heteroatoms. The number of amides is 1. The molecule has 1 saturated carbocycles. The Morgan fingerprint density at radius 2 is 1.82 bits per heavy atom. The van der Waals surface area contributed by atoms with Gasteiger partial charge in [0.05, 0.1) is 11.8 Å². The Morgan fingerprint density at radius 3 is 2.42 bits per heavy atom. The number of benzene rings is 2. The molecule has 2 unspecified atom stereocenters. The molecule has 1 N–H and O–H groups in total. The van der Waals surface area contributed by atoms with Crippen LogP contribution in [-0.2, 0) is 16.1 Å². The number of para-hydroxylation sites is 1. The monoisotopic (exact) mass is 451 g/mol. The summed E-state index contributed by atoms with van der Waals surface area (Å²) in [5.41, 5.74) is 0.882. The summed E-state index contributed by atoms with van der Waals surface area (Å²) in [5, 5.41) is 5.98. The molecular weight excluding hydrogens is 426 g/mol. The van der Waals surface area contributed by atoms with Crippen molar-refractivity contribution in [3.63, 3.8) is 0 Å². The Kier molecular flexibility index (Phi) is 6.87. The van der Waals surface area contributed by atoms with Gasteiger partial charge in [0.15, 0.2) is 0 Å². The van der Waals surface area contributed by atoms with E-state index in [1.807, 2.05) is 61.5 Å². The lowest BCUT2D eigenvalue weighted by molar-refractivity contribution is -0.147. The Morgan fingerprint density at radius 1 is 1.09 bits per heavy atom. The fourth-order valence-electron chi connectivity index (χ4n) is 3.72. The van der Waals surface area contributed by atoms with E-state index in [0.29, 0.717) is 38.1 Å². The molecule has 1 aliphatic rings. The second-order valence-electron chi connectivity index (χ2n) is 7.91. The van der Waals surface area contributed by atoms with E-state index < -0.39 is 23.7 Å². The van der Waals surface area contributed by atoms with Gasteiger partial charge in [-0.3, -0.25) is 4.79 Å². The van der Waals surface area contributed by atoms with Crippen LogP contribution >= 0.6 is 0 Å². The number of nitrogens with one attached hydrogen (secondary N) is 1. The highest BCUT2D eigenvalue weighted by Gasteiger charge is 2.43. The molecule has 0 aliphatic heterocycles. The molecule has 2 atom stereocenters. The van der Waals surface area contributed by atoms with Crippen LogP contribution in [0.2, 0.25) is 0 Å². The van der Waals surface area contributed by atoms with Crippen LogP contribution in [-0.4, -0.2) is 33.7 Å². The number of ether oxygens (including phenoxy) is 2. The lowest BCUT2D eigenvalue weighted by atomic mass is 9.73. The minimum atomic E-state index is -0.694. The number of esters is 1. The van der Waals surface area contributed by atoms with Crippen molar-refractivity contribution in [2.45, 2.75) is 38.6 Å². The van der Waals surface area contributed by atoms with Crippen LogP contribution in [0.25, 0.3) is 0 Å². The smallest absolute Gasteiger partial charge is 0.434 e. The SMILES string of the molecule is CCCN(Cc1ccc(Oc2ccccc2)cc1)C(=O)OC(=O)C1CCC1c1n[nH]c(=O)o1. The third-order valence-electron chi connectivity index (χ3n) is 5.56. The van der Waals surface area contributed by atoms with Gasteiger partial charge in [-0.2, -0.15) is 0 Å². The topological polar surface area (TPSA) is 115 Å². The zero-order chi connectivity index (χ0) is 23.2. The Hall–Kier alpha value is -3.88. The van der Waals surface area contributed by atoms with Crippen molar-refractivity contribution < 1.29 is 23.5 Å². The van der Waals surface area contributed by atoms with Crippen LogP contribution in [0.3, 0.4) is 0 Å². The molecule has 2 aromatic carbocycles. The van der Waals surface area contributed by atoms with Crippen molar-refractivity contribution in [2.24, 2.45) is 5.92 Å². The normalized spacial score (nSPS) is 17.1. The molecule has 4 rings (SSSR count). The van der Waals surface area contributed by atoms with E-state index in [-0.39, 0.29) is 11.8 Å². The lowest BCUT2D eigenvalue weighted by Crippen LogP contribution is -2.38. The second-order valence-corrected chi connectivity index (χ2v) is 7.91. The summed E-state index contributed by atoms with van der Waals surface area (Å²) < 4.78 is 15.9. The standard InChI is InChI=1S/C24H25N3O6/c1-2-14-27(15-16-8-10-18(11-9-16)31-17-6-4-3-5-7-17)24(30)33-22(28)20-13-12-19(20)21-25-26-23(29)32-21/h3-11,19-20H,2,12-15H2,1H3,(H,26,29). The number of hydrogen-bond acceptors (Lipinski definition) is 7. The van der Waals surface area contributed by atoms with E-state index in [9.17, 15) is 14.4 Å². The van der Waals surface area contributed by atoms with Gasteiger partial charge in [-0.15, -0.1) is 5.10 Å². The molecule has 1 aliphatic carbocycles. The predicted molar refractivity (Wildman–Crippen MR) is 118 cm³/mol. The number of H-pyrrole nitrogens is 1. The van der Waals surface area contributed by atoms with Crippen molar-refractivity contribution in [1.82, 2.24) is 15.1 Å². The minimum Gasteiger partial charge on any atom is -0.457 e. The molecular formula is C24H25N3O6. The fraction of sp³-hybridized carbons (Fsp3) is 0.333. The summed E-state index contributed by atoms with van der Waals surface area (Å²) in [5.74, 6) is -0.624. The third-order valence-corrected chi connectivity index (χ3v) is 5.56. The molecule has 1 aromatic heterocycles. The van der Waals surface area contributed by atoms with E-state index in [0.717, 1.165) is 11.3 Å². The number of hydrogen-bond donors (Lipinski definition) is 1. The van der Waals surface area contributed by atoms with Crippen molar-refractivity contribution in [3.8, 4) is 11.5 Å². The largest absolute Gasteiger partial charge is 0.457 e. The number of aromatic nitrogens is 2. The summed E-state index contributed by atoms with van der Waals surface area (Å²) in [6.45, 7) is 2.69. The number of carbonyl (C=O) groups excluding carboxylic acids is 2.